The molecule has 3 aliphatic carbocycles. The largest absolute Gasteiger partial charge is 0.393 e. The van der Waals surface area contributed by atoms with Crippen LogP contribution in [0.1, 0.15) is 44.9 Å². The molecule has 0 spiro atoms. The van der Waals surface area contributed by atoms with E-state index in [2.05, 4.69) is 0 Å². The number of rotatable bonds is 0. The van der Waals surface area contributed by atoms with E-state index in [9.17, 15) is 0 Å². The summed E-state index contributed by atoms with van der Waals surface area (Å²) in [5, 5.41) is 8.73. The van der Waals surface area contributed by atoms with Crippen LogP contribution in [0.25, 0.3) is 0 Å². The lowest BCUT2D eigenvalue weighted by Crippen LogP contribution is -1.94. The maximum Gasteiger partial charge on any atom is 0.0540 e. The van der Waals surface area contributed by atoms with Gasteiger partial charge in [0.15, 0.2) is 0 Å². The summed E-state index contributed by atoms with van der Waals surface area (Å²) in [6.45, 7) is 0. The van der Waals surface area contributed by atoms with Crippen molar-refractivity contribution in [3.05, 3.63) is 0 Å². The predicted octanol–water partition coefficient (Wildman–Crippen LogP) is 2.34. The topological polar surface area (TPSA) is 20.2 Å². The average molecular weight is 154 g/mol. The lowest BCUT2D eigenvalue weighted by molar-refractivity contribution is 0.183. The molecule has 0 bridgehead atoms. The molecule has 3 fully saturated rings. The normalized spacial score (nSPS) is 40.1. The summed E-state index contributed by atoms with van der Waals surface area (Å²) in [5.41, 5.74) is 0. The zero-order valence-electron chi connectivity index (χ0n) is 7.13. The van der Waals surface area contributed by atoms with Gasteiger partial charge in [-0.15, -0.1) is 0 Å². The van der Waals surface area contributed by atoms with E-state index in [1.54, 1.807) is 19.3 Å². The fourth-order valence-corrected chi connectivity index (χ4v) is 2.09. The Kier molecular flexibility index (Phi) is 2.17. The summed E-state index contributed by atoms with van der Waals surface area (Å²) in [5.74, 6) is 2.46. The Labute approximate surface area is 68.8 Å². The predicted molar refractivity (Wildman–Crippen MR) is 45.3 cm³/mol. The van der Waals surface area contributed by atoms with Crippen molar-refractivity contribution in [3.8, 4) is 0 Å². The monoisotopic (exact) mass is 154 g/mol. The van der Waals surface area contributed by atoms with Crippen molar-refractivity contribution in [1.82, 2.24) is 0 Å². The molecule has 1 nitrogen and oxygen atoms in total. The fraction of sp³-hybridized carbons (Fsp3) is 1.00. The molecule has 0 aromatic carbocycles. The number of aliphatic hydroxyl groups is 1. The zero-order chi connectivity index (χ0) is 7.68. The van der Waals surface area contributed by atoms with E-state index in [1.165, 1.54) is 24.7 Å². The zero-order valence-corrected chi connectivity index (χ0v) is 7.13. The van der Waals surface area contributed by atoms with Gasteiger partial charge in [0.25, 0.3) is 0 Å². The maximum atomic E-state index is 8.73. The summed E-state index contributed by atoms with van der Waals surface area (Å²) in [6, 6.07) is 0. The third-order valence-corrected chi connectivity index (χ3v) is 3.30. The summed E-state index contributed by atoms with van der Waals surface area (Å²) in [4.78, 5) is 0. The highest BCUT2D eigenvalue weighted by Crippen LogP contribution is 2.55. The second-order valence-electron chi connectivity index (χ2n) is 4.27. The smallest absolute Gasteiger partial charge is 0.0540 e. The molecule has 2 atom stereocenters. The van der Waals surface area contributed by atoms with Gasteiger partial charge in [-0.05, 0) is 43.9 Å². The van der Waals surface area contributed by atoms with Crippen molar-refractivity contribution in [2.75, 3.05) is 0 Å². The van der Waals surface area contributed by atoms with E-state index in [1.807, 2.05) is 0 Å². The van der Waals surface area contributed by atoms with Crippen LogP contribution in [-0.2, 0) is 0 Å². The number of hydrogen-bond donors (Lipinski definition) is 1. The van der Waals surface area contributed by atoms with Gasteiger partial charge in [-0.25, -0.2) is 0 Å². The standard InChI is InChI=1S/C5H10O.C5H8/c6-5-3-1-2-4-5;1-2-5-3-4(1)5/h5-6H,1-4H2;4-5H,1-3H2. The van der Waals surface area contributed by atoms with Crippen LogP contribution in [0.3, 0.4) is 0 Å². The van der Waals surface area contributed by atoms with E-state index in [4.69, 9.17) is 5.11 Å². The Balaban J connectivity index is 0.0000000880. The van der Waals surface area contributed by atoms with Crippen LogP contribution in [0.4, 0.5) is 0 Å². The summed E-state index contributed by atoms with van der Waals surface area (Å²) in [7, 11) is 0. The van der Waals surface area contributed by atoms with Crippen LogP contribution >= 0.6 is 0 Å². The first kappa shape index (κ1) is 7.60. The molecule has 64 valence electrons. The maximum absolute atomic E-state index is 8.73. The molecule has 0 saturated heterocycles. The lowest BCUT2D eigenvalue weighted by atomic mass is 10.0. The SMILES string of the molecule is C1CC2CC12.OC1CCCC1. The van der Waals surface area contributed by atoms with Crippen molar-refractivity contribution < 1.29 is 5.11 Å². The van der Waals surface area contributed by atoms with Gasteiger partial charge in [-0.2, -0.15) is 0 Å². The Morgan fingerprint density at radius 1 is 0.818 bits per heavy atom. The highest BCUT2D eigenvalue weighted by atomic mass is 16.3. The molecular weight excluding hydrogens is 136 g/mol. The Bertz CT molecular complexity index is 115. The molecule has 3 saturated carbocycles. The molecule has 2 unspecified atom stereocenters. The first-order valence-corrected chi connectivity index (χ1v) is 5.04. The number of fused-ring (bicyclic) bond motifs is 1. The van der Waals surface area contributed by atoms with Gasteiger partial charge < -0.3 is 5.11 Å². The number of aliphatic hydroxyl groups excluding tert-OH is 1. The minimum atomic E-state index is 0.0463. The van der Waals surface area contributed by atoms with Gasteiger partial charge in [-0.3, -0.25) is 0 Å². The molecule has 0 radical (unpaired) electrons. The molecule has 0 aliphatic heterocycles. The summed E-state index contributed by atoms with van der Waals surface area (Å²) in [6.07, 6.45) is 9.31. The van der Waals surface area contributed by atoms with E-state index in [0.717, 1.165) is 12.8 Å². The third kappa shape index (κ3) is 1.96. The third-order valence-electron chi connectivity index (χ3n) is 3.30. The van der Waals surface area contributed by atoms with Gasteiger partial charge >= 0.3 is 0 Å². The van der Waals surface area contributed by atoms with Crippen LogP contribution in [0.15, 0.2) is 0 Å². The van der Waals surface area contributed by atoms with Gasteiger partial charge in [0.05, 0.1) is 6.10 Å². The summed E-state index contributed by atoms with van der Waals surface area (Å²) < 4.78 is 0. The van der Waals surface area contributed by atoms with E-state index < -0.39 is 0 Å². The van der Waals surface area contributed by atoms with Crippen LogP contribution < -0.4 is 0 Å². The minimum absolute atomic E-state index is 0.0463. The minimum Gasteiger partial charge on any atom is -0.393 e. The molecule has 0 aromatic rings. The van der Waals surface area contributed by atoms with Gasteiger partial charge in [0.2, 0.25) is 0 Å². The van der Waals surface area contributed by atoms with Crippen LogP contribution in [0, 0.1) is 11.8 Å². The number of hydrogen-bond acceptors (Lipinski definition) is 1. The average Bonchev–Trinajstić information content (AvgIpc) is 2.43. The second kappa shape index (κ2) is 3.14. The molecule has 0 amide bonds. The quantitative estimate of drug-likeness (QED) is 0.568. The van der Waals surface area contributed by atoms with Gasteiger partial charge in [0, 0.05) is 0 Å². The molecular formula is C10H18O. The molecule has 3 aliphatic rings. The highest BCUT2D eigenvalue weighted by Gasteiger charge is 2.44. The fourth-order valence-electron chi connectivity index (χ4n) is 2.09. The molecule has 11 heavy (non-hydrogen) atoms. The van der Waals surface area contributed by atoms with Crippen LogP contribution in [0.5, 0.6) is 0 Å². The molecule has 3 rings (SSSR count). The summed E-state index contributed by atoms with van der Waals surface area (Å²) >= 11 is 0. The molecule has 1 N–H and O–H groups in total. The highest BCUT2D eigenvalue weighted by molar-refractivity contribution is 4.95. The molecule has 0 aromatic heterocycles. The second-order valence-corrected chi connectivity index (χ2v) is 4.27. The molecule has 1 heteroatoms. The Morgan fingerprint density at radius 2 is 1.36 bits per heavy atom. The lowest BCUT2D eigenvalue weighted by Gasteiger charge is -2.04. The van der Waals surface area contributed by atoms with Crippen molar-refractivity contribution in [1.29, 1.82) is 0 Å². The van der Waals surface area contributed by atoms with Crippen molar-refractivity contribution in [3.63, 3.8) is 0 Å². The first-order valence-electron chi connectivity index (χ1n) is 5.04. The van der Waals surface area contributed by atoms with Crippen molar-refractivity contribution in [2.24, 2.45) is 11.8 Å². The van der Waals surface area contributed by atoms with E-state index in [0.29, 0.717) is 0 Å². The first-order chi connectivity index (χ1) is 5.36. The van der Waals surface area contributed by atoms with Crippen molar-refractivity contribution >= 4 is 0 Å². The van der Waals surface area contributed by atoms with E-state index in [-0.39, 0.29) is 6.10 Å². The van der Waals surface area contributed by atoms with Gasteiger partial charge in [-0.1, -0.05) is 12.8 Å². The Morgan fingerprint density at radius 3 is 1.45 bits per heavy atom. The van der Waals surface area contributed by atoms with Crippen LogP contribution in [-0.4, -0.2) is 11.2 Å². The van der Waals surface area contributed by atoms with E-state index >= 15 is 0 Å². The molecule has 0 heterocycles. The van der Waals surface area contributed by atoms with Crippen LogP contribution in [0.2, 0.25) is 0 Å². The van der Waals surface area contributed by atoms with Gasteiger partial charge in [0.1, 0.15) is 0 Å². The van der Waals surface area contributed by atoms with Crippen molar-refractivity contribution in [2.45, 2.75) is 51.0 Å². The Hall–Kier alpha value is -0.0400.